The quantitative estimate of drug-likeness (QED) is 0.646. The highest BCUT2D eigenvalue weighted by Gasteiger charge is 2.49. The molecular weight excluding hydrogens is 420 g/mol. The fraction of sp³-hybridized carbons (Fsp3) is 0.333. The number of hydrogen-bond donors (Lipinski definition) is 0. The van der Waals surface area contributed by atoms with Crippen LogP contribution in [0.5, 0.6) is 0 Å². The SMILES string of the molecule is O=C(c1ccc(C(F)(F)F)cc1)N1CCC2(CC1)SCC(=O)N2c1ccc(F)cc1. The van der Waals surface area contributed by atoms with Crippen molar-refractivity contribution in [3.05, 3.63) is 65.5 Å². The zero-order chi connectivity index (χ0) is 21.5. The third-order valence-electron chi connectivity index (χ3n) is 5.50. The first kappa shape index (κ1) is 20.7. The topological polar surface area (TPSA) is 40.6 Å². The van der Waals surface area contributed by atoms with Gasteiger partial charge in [-0.05, 0) is 61.4 Å². The van der Waals surface area contributed by atoms with Gasteiger partial charge in [-0.15, -0.1) is 11.8 Å². The van der Waals surface area contributed by atoms with Gasteiger partial charge in [-0.2, -0.15) is 13.2 Å². The molecule has 0 radical (unpaired) electrons. The third-order valence-corrected chi connectivity index (χ3v) is 7.02. The van der Waals surface area contributed by atoms with Crippen molar-refractivity contribution in [2.75, 3.05) is 23.7 Å². The smallest absolute Gasteiger partial charge is 0.338 e. The van der Waals surface area contributed by atoms with Crippen LogP contribution in [0.2, 0.25) is 0 Å². The number of piperidine rings is 1. The van der Waals surface area contributed by atoms with Crippen LogP contribution in [0.1, 0.15) is 28.8 Å². The van der Waals surface area contributed by atoms with Gasteiger partial charge in [0, 0.05) is 24.3 Å². The summed E-state index contributed by atoms with van der Waals surface area (Å²) in [5, 5.41) is 0. The van der Waals surface area contributed by atoms with Crippen LogP contribution < -0.4 is 4.90 Å². The Labute approximate surface area is 174 Å². The van der Waals surface area contributed by atoms with Crippen LogP contribution in [0, 0.1) is 5.82 Å². The number of likely N-dealkylation sites (tertiary alicyclic amines) is 1. The Morgan fingerprint density at radius 3 is 2.13 bits per heavy atom. The second-order valence-corrected chi connectivity index (χ2v) is 8.65. The van der Waals surface area contributed by atoms with E-state index in [0.717, 1.165) is 12.1 Å². The zero-order valence-electron chi connectivity index (χ0n) is 15.8. The van der Waals surface area contributed by atoms with Crippen molar-refractivity contribution < 1.29 is 27.2 Å². The van der Waals surface area contributed by atoms with Crippen LogP contribution >= 0.6 is 11.8 Å². The maximum Gasteiger partial charge on any atom is 0.416 e. The number of halogens is 4. The molecular formula is C21H18F4N2O2S. The molecule has 0 aromatic heterocycles. The lowest BCUT2D eigenvalue weighted by Gasteiger charge is -2.44. The Hall–Kier alpha value is -2.55. The van der Waals surface area contributed by atoms with Crippen LogP contribution in [0.4, 0.5) is 23.2 Å². The predicted octanol–water partition coefficient (Wildman–Crippen LogP) is 4.56. The van der Waals surface area contributed by atoms with Gasteiger partial charge in [0.2, 0.25) is 5.91 Å². The van der Waals surface area contributed by atoms with Crippen LogP contribution in [-0.4, -0.2) is 40.4 Å². The largest absolute Gasteiger partial charge is 0.416 e. The van der Waals surface area contributed by atoms with Gasteiger partial charge in [-0.1, -0.05) is 0 Å². The highest BCUT2D eigenvalue weighted by Crippen LogP contribution is 2.47. The molecule has 2 aromatic carbocycles. The summed E-state index contributed by atoms with van der Waals surface area (Å²) in [7, 11) is 0. The number of alkyl halides is 3. The summed E-state index contributed by atoms with van der Waals surface area (Å²) in [6, 6.07) is 9.94. The number of thioether (sulfide) groups is 1. The number of nitrogens with zero attached hydrogens (tertiary/aromatic N) is 2. The number of amides is 2. The highest BCUT2D eigenvalue weighted by atomic mass is 32.2. The Morgan fingerprint density at radius 2 is 1.57 bits per heavy atom. The van der Waals surface area contributed by atoms with Gasteiger partial charge in [0.25, 0.3) is 5.91 Å². The van der Waals surface area contributed by atoms with Crippen molar-refractivity contribution in [2.45, 2.75) is 23.9 Å². The van der Waals surface area contributed by atoms with Gasteiger partial charge in [0.15, 0.2) is 0 Å². The van der Waals surface area contributed by atoms with Crippen LogP contribution in [0.25, 0.3) is 0 Å². The standard InChI is InChI=1S/C21H18F4N2O2S/c22-16-5-7-17(8-6-16)27-18(28)13-30-20(27)9-11-26(12-10-20)19(29)14-1-3-15(4-2-14)21(23,24)25/h1-8H,9-13H2. The first-order valence-electron chi connectivity index (χ1n) is 9.39. The lowest BCUT2D eigenvalue weighted by molar-refractivity contribution is -0.137. The molecule has 158 valence electrons. The van der Waals surface area contributed by atoms with E-state index in [9.17, 15) is 27.2 Å². The molecule has 2 heterocycles. The van der Waals surface area contributed by atoms with E-state index in [1.54, 1.807) is 21.9 Å². The van der Waals surface area contributed by atoms with Crippen molar-refractivity contribution in [3.63, 3.8) is 0 Å². The maximum absolute atomic E-state index is 13.3. The summed E-state index contributed by atoms with van der Waals surface area (Å²) >= 11 is 1.51. The number of carbonyl (C=O) groups is 2. The second kappa shape index (κ2) is 7.61. The number of anilines is 1. The van der Waals surface area contributed by atoms with E-state index in [0.29, 0.717) is 37.4 Å². The van der Waals surface area contributed by atoms with Crippen LogP contribution in [0.3, 0.4) is 0 Å². The second-order valence-electron chi connectivity index (χ2n) is 7.31. The molecule has 0 unspecified atom stereocenters. The molecule has 30 heavy (non-hydrogen) atoms. The van der Waals surface area contributed by atoms with Gasteiger partial charge >= 0.3 is 6.18 Å². The number of carbonyl (C=O) groups excluding carboxylic acids is 2. The lowest BCUT2D eigenvalue weighted by atomic mass is 10.00. The van der Waals surface area contributed by atoms with Gasteiger partial charge in [0.05, 0.1) is 16.2 Å². The molecule has 0 aliphatic carbocycles. The minimum absolute atomic E-state index is 0.0610. The highest BCUT2D eigenvalue weighted by molar-refractivity contribution is 8.02. The summed E-state index contributed by atoms with van der Waals surface area (Å²) < 4.78 is 51.5. The molecule has 0 bridgehead atoms. The van der Waals surface area contributed by atoms with Crippen molar-refractivity contribution in [3.8, 4) is 0 Å². The Bertz CT molecular complexity index is 952. The average Bonchev–Trinajstić information content (AvgIpc) is 3.04. The van der Waals surface area contributed by atoms with E-state index in [1.165, 1.54) is 36.0 Å². The molecule has 1 spiro atoms. The van der Waals surface area contributed by atoms with Crippen LogP contribution in [0.15, 0.2) is 48.5 Å². The van der Waals surface area contributed by atoms with E-state index in [4.69, 9.17) is 0 Å². The van der Waals surface area contributed by atoms with Crippen molar-refractivity contribution in [2.24, 2.45) is 0 Å². The zero-order valence-corrected chi connectivity index (χ0v) is 16.6. The summed E-state index contributed by atoms with van der Waals surface area (Å²) in [5.41, 5.74) is 0.0193. The monoisotopic (exact) mass is 438 g/mol. The molecule has 2 saturated heterocycles. The molecule has 0 saturated carbocycles. The van der Waals surface area contributed by atoms with E-state index < -0.39 is 16.6 Å². The van der Waals surface area contributed by atoms with Gasteiger partial charge in [-0.3, -0.25) is 14.5 Å². The van der Waals surface area contributed by atoms with Gasteiger partial charge < -0.3 is 4.90 Å². The Morgan fingerprint density at radius 1 is 0.967 bits per heavy atom. The summed E-state index contributed by atoms with van der Waals surface area (Å²) in [5.74, 6) is -0.469. The van der Waals surface area contributed by atoms with E-state index in [1.807, 2.05) is 0 Å². The van der Waals surface area contributed by atoms with Gasteiger partial charge in [-0.25, -0.2) is 4.39 Å². The first-order chi connectivity index (χ1) is 14.2. The van der Waals surface area contributed by atoms with E-state index >= 15 is 0 Å². The molecule has 4 nitrogen and oxygen atoms in total. The maximum atomic E-state index is 13.3. The molecule has 0 N–H and O–H groups in total. The lowest BCUT2D eigenvalue weighted by Crippen LogP contribution is -2.53. The average molecular weight is 438 g/mol. The Kier molecular flexibility index (Phi) is 5.25. The van der Waals surface area contributed by atoms with Crippen molar-refractivity contribution in [1.82, 2.24) is 4.90 Å². The molecule has 9 heteroatoms. The normalized spacial score (nSPS) is 18.9. The van der Waals surface area contributed by atoms with E-state index in [-0.39, 0.29) is 23.2 Å². The molecule has 2 aliphatic rings. The fourth-order valence-electron chi connectivity index (χ4n) is 3.93. The van der Waals surface area contributed by atoms with Crippen molar-refractivity contribution >= 4 is 29.3 Å². The Balaban J connectivity index is 1.48. The summed E-state index contributed by atoms with van der Waals surface area (Å²) in [6.07, 6.45) is -3.41. The van der Waals surface area contributed by atoms with E-state index in [2.05, 4.69) is 0 Å². The number of benzene rings is 2. The third kappa shape index (κ3) is 3.78. The minimum Gasteiger partial charge on any atom is -0.338 e. The summed E-state index contributed by atoms with van der Waals surface area (Å²) in [6.45, 7) is 0.746. The van der Waals surface area contributed by atoms with Crippen molar-refractivity contribution in [1.29, 1.82) is 0 Å². The predicted molar refractivity (Wildman–Crippen MR) is 106 cm³/mol. The number of rotatable bonds is 2. The van der Waals surface area contributed by atoms with Gasteiger partial charge in [0.1, 0.15) is 5.82 Å². The minimum atomic E-state index is -4.45. The molecule has 2 fully saturated rings. The molecule has 4 rings (SSSR count). The summed E-state index contributed by atoms with van der Waals surface area (Å²) in [4.78, 5) is 28.0. The first-order valence-corrected chi connectivity index (χ1v) is 10.4. The molecule has 2 aliphatic heterocycles. The fourth-order valence-corrected chi connectivity index (χ4v) is 5.26. The molecule has 0 atom stereocenters. The molecule has 2 aromatic rings. The van der Waals surface area contributed by atoms with Crippen LogP contribution in [-0.2, 0) is 11.0 Å². The number of hydrogen-bond acceptors (Lipinski definition) is 3. The molecule has 2 amide bonds.